The summed E-state index contributed by atoms with van der Waals surface area (Å²) < 4.78 is 37.4. The lowest BCUT2D eigenvalue weighted by Gasteiger charge is -2.61. The number of alkyl halides is 1. The van der Waals surface area contributed by atoms with Crippen LogP contribution in [0.3, 0.4) is 0 Å². The molecule has 0 aromatic rings. The third-order valence-electron chi connectivity index (χ3n) is 3.91. The Balaban J connectivity index is 2.51. The maximum atomic E-state index is 14.8. The molecule has 0 aromatic carbocycles. The Morgan fingerprint density at radius 2 is 2.12 bits per heavy atom. The fourth-order valence-electron chi connectivity index (χ4n) is 2.93. The van der Waals surface area contributed by atoms with Gasteiger partial charge in [-0.15, -0.1) is 0 Å². The Morgan fingerprint density at radius 1 is 1.56 bits per heavy atom. The van der Waals surface area contributed by atoms with E-state index >= 15 is 0 Å². The van der Waals surface area contributed by atoms with Crippen LogP contribution in [-0.2, 0) is 14.0 Å². The smallest absolute Gasteiger partial charge is 0.273 e. The van der Waals surface area contributed by atoms with E-state index in [2.05, 4.69) is 0 Å². The van der Waals surface area contributed by atoms with Crippen LogP contribution < -0.4 is 0 Å². The molecule has 7 heteroatoms. The van der Waals surface area contributed by atoms with Crippen LogP contribution in [0.5, 0.6) is 0 Å². The largest absolute Gasteiger partial charge is 0.326 e. The van der Waals surface area contributed by atoms with Crippen molar-refractivity contribution in [1.82, 2.24) is 4.31 Å². The molecule has 2 fully saturated rings. The summed E-state index contributed by atoms with van der Waals surface area (Å²) in [4.78, 5) is 11.7. The first-order chi connectivity index (χ1) is 7.15. The molecular formula is C9H13ClFNO3S. The summed E-state index contributed by atoms with van der Waals surface area (Å²) in [7, 11) is 0.770. The molecule has 4 nitrogen and oxygen atoms in total. The molecule has 0 aromatic heterocycles. The Labute approximate surface area is 98.3 Å². The first-order valence-corrected chi connectivity index (χ1v) is 7.40. The number of nitrogens with zero attached hydrogens (tertiary/aromatic N) is 1. The average Bonchev–Trinajstić information content (AvgIpc) is 2.12. The van der Waals surface area contributed by atoms with Crippen molar-refractivity contribution in [2.45, 2.75) is 38.9 Å². The summed E-state index contributed by atoms with van der Waals surface area (Å²) in [5.41, 5.74) is -1.23. The van der Waals surface area contributed by atoms with Gasteiger partial charge in [0.25, 0.3) is 5.91 Å². The lowest BCUT2D eigenvalue weighted by molar-refractivity contribution is -0.229. The summed E-state index contributed by atoms with van der Waals surface area (Å²) >= 11 is 0. The summed E-state index contributed by atoms with van der Waals surface area (Å²) in [6.45, 7) is 3.09. The third kappa shape index (κ3) is 1.14. The maximum Gasteiger partial charge on any atom is 0.326 e. The zero-order chi connectivity index (χ0) is 12.4. The molecule has 1 amide bonds. The van der Waals surface area contributed by atoms with Crippen LogP contribution in [0.2, 0.25) is 0 Å². The molecule has 1 heterocycles. The maximum absolute atomic E-state index is 14.8. The van der Waals surface area contributed by atoms with Gasteiger partial charge < -0.3 is 0 Å². The standard InChI is InChI=1S/C9H13ClFNO3S/c1-6-4-3-5-8(2)7(13)12(9(6,8)11)16(10,14)15/h6H,3-5H2,1-2H3/t6-,8-,9-/m0/s1. The number of hydrogen-bond donors (Lipinski definition) is 0. The molecule has 1 saturated heterocycles. The summed E-state index contributed by atoms with van der Waals surface area (Å²) in [5.74, 6) is -3.39. The lowest BCUT2D eigenvalue weighted by Crippen LogP contribution is -2.78. The number of halogens is 2. The molecule has 0 N–H and O–H groups in total. The van der Waals surface area contributed by atoms with E-state index in [0.717, 1.165) is 6.42 Å². The number of hydrogen-bond acceptors (Lipinski definition) is 3. The topological polar surface area (TPSA) is 54.5 Å². The van der Waals surface area contributed by atoms with Gasteiger partial charge in [-0.05, 0) is 19.8 Å². The monoisotopic (exact) mass is 269 g/mol. The average molecular weight is 270 g/mol. The third-order valence-corrected chi connectivity index (χ3v) is 5.19. The molecule has 2 aliphatic rings. The second kappa shape index (κ2) is 3.10. The number of amides is 1. The van der Waals surface area contributed by atoms with Crippen molar-refractivity contribution >= 4 is 25.8 Å². The molecular weight excluding hydrogens is 257 g/mol. The number of carbonyl (C=O) groups excluding carboxylic acids is 1. The quantitative estimate of drug-likeness (QED) is 0.414. The molecule has 0 spiro atoms. The van der Waals surface area contributed by atoms with E-state index in [1.54, 1.807) is 6.92 Å². The highest BCUT2D eigenvalue weighted by Gasteiger charge is 2.76. The Morgan fingerprint density at radius 3 is 2.62 bits per heavy atom. The van der Waals surface area contributed by atoms with Gasteiger partial charge in [0.1, 0.15) is 5.41 Å². The van der Waals surface area contributed by atoms with Crippen molar-refractivity contribution in [1.29, 1.82) is 0 Å². The number of rotatable bonds is 1. The molecule has 92 valence electrons. The molecule has 16 heavy (non-hydrogen) atoms. The van der Waals surface area contributed by atoms with Crippen molar-refractivity contribution < 1.29 is 17.6 Å². The highest BCUT2D eigenvalue weighted by molar-refractivity contribution is 8.12. The first-order valence-electron chi connectivity index (χ1n) is 5.14. The molecule has 1 aliphatic heterocycles. The van der Waals surface area contributed by atoms with Crippen molar-refractivity contribution in [2.75, 3.05) is 0 Å². The van der Waals surface area contributed by atoms with Crippen molar-refractivity contribution in [2.24, 2.45) is 11.3 Å². The molecule has 1 aliphatic carbocycles. The highest BCUT2D eigenvalue weighted by atomic mass is 35.7. The Hall–Kier alpha value is -0.360. The summed E-state index contributed by atoms with van der Waals surface area (Å²) in [5, 5.41) is 0. The second-order valence-corrected chi connectivity index (χ2v) is 7.17. The van der Waals surface area contributed by atoms with E-state index in [-0.39, 0.29) is 4.31 Å². The predicted molar refractivity (Wildman–Crippen MR) is 56.6 cm³/mol. The zero-order valence-electron chi connectivity index (χ0n) is 9.03. The van der Waals surface area contributed by atoms with Crippen molar-refractivity contribution in [3.63, 3.8) is 0 Å². The van der Waals surface area contributed by atoms with Gasteiger partial charge in [0.2, 0.25) is 5.79 Å². The summed E-state index contributed by atoms with van der Waals surface area (Å²) in [6.07, 6.45) is 1.66. The molecule has 2 rings (SSSR count). The van der Waals surface area contributed by atoms with Gasteiger partial charge in [-0.3, -0.25) is 4.79 Å². The van der Waals surface area contributed by atoms with E-state index < -0.39 is 32.3 Å². The van der Waals surface area contributed by atoms with Crippen LogP contribution in [0.4, 0.5) is 4.39 Å². The van der Waals surface area contributed by atoms with Crippen molar-refractivity contribution in [3.05, 3.63) is 0 Å². The molecule has 1 saturated carbocycles. The van der Waals surface area contributed by atoms with Gasteiger partial charge in [-0.2, -0.15) is 12.7 Å². The predicted octanol–water partition coefficient (Wildman–Crippen LogP) is 1.80. The van der Waals surface area contributed by atoms with Crippen LogP contribution in [0.25, 0.3) is 0 Å². The van der Waals surface area contributed by atoms with Gasteiger partial charge >= 0.3 is 9.24 Å². The van der Waals surface area contributed by atoms with Gasteiger partial charge in [-0.1, -0.05) is 13.3 Å². The van der Waals surface area contributed by atoms with Crippen LogP contribution in [-0.4, -0.2) is 24.4 Å². The van der Waals surface area contributed by atoms with Gasteiger partial charge in [0, 0.05) is 16.6 Å². The SMILES string of the molecule is C[C@H]1CCC[C@@]2(C)C(=O)N(S(=O)(=O)Cl)[C@@]12F. The van der Waals surface area contributed by atoms with E-state index in [1.165, 1.54) is 6.92 Å². The first kappa shape index (κ1) is 12.1. The van der Waals surface area contributed by atoms with Gasteiger partial charge in [0.05, 0.1) is 0 Å². The highest BCUT2D eigenvalue weighted by Crippen LogP contribution is 2.61. The van der Waals surface area contributed by atoms with E-state index in [4.69, 9.17) is 10.7 Å². The molecule has 0 bridgehead atoms. The Bertz CT molecular complexity index is 454. The fourth-order valence-corrected chi connectivity index (χ4v) is 4.52. The summed E-state index contributed by atoms with van der Waals surface area (Å²) in [6, 6.07) is 0. The van der Waals surface area contributed by atoms with Gasteiger partial charge in [-0.25, -0.2) is 4.39 Å². The fraction of sp³-hybridized carbons (Fsp3) is 0.889. The van der Waals surface area contributed by atoms with Gasteiger partial charge in [0.15, 0.2) is 0 Å². The zero-order valence-corrected chi connectivity index (χ0v) is 10.6. The normalized spacial score (nSPS) is 43.9. The van der Waals surface area contributed by atoms with Crippen LogP contribution in [0.1, 0.15) is 33.1 Å². The van der Waals surface area contributed by atoms with E-state index in [1.807, 2.05) is 0 Å². The molecule has 3 atom stereocenters. The van der Waals surface area contributed by atoms with Crippen molar-refractivity contribution in [3.8, 4) is 0 Å². The van der Waals surface area contributed by atoms with E-state index in [0.29, 0.717) is 12.8 Å². The Kier molecular flexibility index (Phi) is 2.35. The van der Waals surface area contributed by atoms with Crippen LogP contribution >= 0.6 is 10.7 Å². The minimum Gasteiger partial charge on any atom is -0.273 e. The van der Waals surface area contributed by atoms with Crippen LogP contribution in [0.15, 0.2) is 0 Å². The minimum atomic E-state index is -4.33. The number of fused-ring (bicyclic) bond motifs is 1. The van der Waals surface area contributed by atoms with E-state index in [9.17, 15) is 17.6 Å². The van der Waals surface area contributed by atoms with Crippen LogP contribution in [0, 0.1) is 11.3 Å². The number of carbonyl (C=O) groups is 1. The molecule has 0 radical (unpaired) electrons. The minimum absolute atomic E-state index is 0.214. The number of β-lactam (4-membered cyclic amide) rings is 1. The molecule has 0 unspecified atom stereocenters. The second-order valence-electron chi connectivity index (χ2n) is 4.81. The lowest BCUT2D eigenvalue weighted by atomic mass is 9.59.